The fraction of sp³-hybridized carbons (Fsp3) is 0.538. The Hall–Kier alpha value is -1.23. The van der Waals surface area contributed by atoms with Gasteiger partial charge in [-0.05, 0) is 13.8 Å². The van der Waals surface area contributed by atoms with Crippen LogP contribution in [0.2, 0.25) is 0 Å². The Labute approximate surface area is 112 Å². The molecule has 1 rings (SSSR count). The first-order valence-corrected chi connectivity index (χ1v) is 6.89. The van der Waals surface area contributed by atoms with Crippen LogP contribution in [-0.2, 0) is 15.3 Å². The molecule has 0 aromatic carbocycles. The lowest BCUT2D eigenvalue weighted by atomic mass is 10.1. The third-order valence-electron chi connectivity index (χ3n) is 2.67. The largest absolute Gasteiger partial charge is 0.496 e. The number of ether oxygens (including phenoxy) is 2. The van der Waals surface area contributed by atoms with Crippen molar-refractivity contribution >= 4 is 17.7 Å². The van der Waals surface area contributed by atoms with Crippen LogP contribution in [0.15, 0.2) is 6.20 Å². The van der Waals surface area contributed by atoms with Gasteiger partial charge in [-0.1, -0.05) is 0 Å². The van der Waals surface area contributed by atoms with E-state index in [9.17, 15) is 4.79 Å². The van der Waals surface area contributed by atoms with Crippen LogP contribution < -0.4 is 4.74 Å². The van der Waals surface area contributed by atoms with Gasteiger partial charge in [0, 0.05) is 28.8 Å². The number of aromatic nitrogens is 1. The van der Waals surface area contributed by atoms with Crippen molar-refractivity contribution in [3.63, 3.8) is 0 Å². The molecule has 0 saturated carbocycles. The number of rotatable bonds is 6. The van der Waals surface area contributed by atoms with Gasteiger partial charge in [0.1, 0.15) is 5.75 Å². The van der Waals surface area contributed by atoms with E-state index in [1.54, 1.807) is 18.9 Å². The highest BCUT2D eigenvalue weighted by Gasteiger charge is 2.09. The van der Waals surface area contributed by atoms with Crippen LogP contribution >= 0.6 is 11.8 Å². The molecule has 100 valence electrons. The Morgan fingerprint density at radius 1 is 1.39 bits per heavy atom. The van der Waals surface area contributed by atoms with Crippen LogP contribution in [0.1, 0.15) is 23.2 Å². The molecule has 4 nitrogen and oxygen atoms in total. The van der Waals surface area contributed by atoms with Crippen molar-refractivity contribution < 1.29 is 14.3 Å². The fourth-order valence-corrected chi connectivity index (χ4v) is 2.58. The third kappa shape index (κ3) is 3.91. The van der Waals surface area contributed by atoms with Gasteiger partial charge in [0.25, 0.3) is 0 Å². The molecule has 0 bridgehead atoms. The second-order valence-electron chi connectivity index (χ2n) is 3.92. The van der Waals surface area contributed by atoms with Crippen molar-refractivity contribution in [3.8, 4) is 5.75 Å². The van der Waals surface area contributed by atoms with Crippen molar-refractivity contribution in [3.05, 3.63) is 23.0 Å². The minimum atomic E-state index is -0.173. The maximum absolute atomic E-state index is 11.0. The second kappa shape index (κ2) is 7.26. The minimum absolute atomic E-state index is 0.173. The van der Waals surface area contributed by atoms with E-state index in [-0.39, 0.29) is 5.97 Å². The molecule has 0 aliphatic heterocycles. The summed E-state index contributed by atoms with van der Waals surface area (Å²) in [5.74, 6) is 2.24. The van der Waals surface area contributed by atoms with Gasteiger partial charge >= 0.3 is 5.97 Å². The van der Waals surface area contributed by atoms with Crippen molar-refractivity contribution in [2.45, 2.75) is 26.0 Å². The topological polar surface area (TPSA) is 48.4 Å². The predicted octanol–water partition coefficient (Wildman–Crippen LogP) is 2.50. The van der Waals surface area contributed by atoms with Gasteiger partial charge in [-0.2, -0.15) is 11.8 Å². The van der Waals surface area contributed by atoms with Crippen molar-refractivity contribution in [1.82, 2.24) is 4.98 Å². The summed E-state index contributed by atoms with van der Waals surface area (Å²) in [6, 6.07) is 0. The number of carbonyl (C=O) groups excluding carboxylic acids is 1. The Morgan fingerprint density at radius 2 is 2.11 bits per heavy atom. The van der Waals surface area contributed by atoms with E-state index in [1.807, 2.05) is 20.0 Å². The van der Waals surface area contributed by atoms with Gasteiger partial charge in [-0.15, -0.1) is 0 Å². The molecule has 0 aliphatic carbocycles. The highest BCUT2D eigenvalue weighted by atomic mass is 32.2. The molecule has 0 radical (unpaired) electrons. The molecule has 0 saturated heterocycles. The van der Waals surface area contributed by atoms with Gasteiger partial charge in [-0.25, -0.2) is 0 Å². The summed E-state index contributed by atoms with van der Waals surface area (Å²) in [5.41, 5.74) is 3.12. The molecule has 18 heavy (non-hydrogen) atoms. The fourth-order valence-electron chi connectivity index (χ4n) is 1.64. The summed E-state index contributed by atoms with van der Waals surface area (Å²) in [5, 5.41) is 0. The summed E-state index contributed by atoms with van der Waals surface area (Å²) in [7, 11) is 3.08. The molecule has 0 atom stereocenters. The van der Waals surface area contributed by atoms with Crippen LogP contribution in [0.5, 0.6) is 5.75 Å². The molecule has 1 aromatic rings. The number of nitrogens with zero attached hydrogens (tertiary/aromatic N) is 1. The standard InChI is InChI=1S/C13H19NO3S/c1-9-7-14-11(10(2)13(9)17-4)8-18-6-5-12(15)16-3/h7H,5-6,8H2,1-4H3. The molecule has 1 heterocycles. The first-order chi connectivity index (χ1) is 8.60. The van der Waals surface area contributed by atoms with Gasteiger partial charge in [0.15, 0.2) is 0 Å². The van der Waals surface area contributed by atoms with E-state index >= 15 is 0 Å². The van der Waals surface area contributed by atoms with E-state index in [2.05, 4.69) is 9.72 Å². The molecular formula is C13H19NO3S. The lowest BCUT2D eigenvalue weighted by molar-refractivity contribution is -0.140. The molecular weight excluding hydrogens is 250 g/mol. The van der Waals surface area contributed by atoms with Gasteiger partial charge in [0.05, 0.1) is 26.3 Å². The molecule has 0 aliphatic rings. The van der Waals surface area contributed by atoms with Crippen LogP contribution in [-0.4, -0.2) is 30.9 Å². The molecule has 1 aromatic heterocycles. The highest BCUT2D eigenvalue weighted by molar-refractivity contribution is 7.98. The Balaban J connectivity index is 2.55. The number of carbonyl (C=O) groups is 1. The lowest BCUT2D eigenvalue weighted by Gasteiger charge is -2.11. The van der Waals surface area contributed by atoms with Gasteiger partial charge < -0.3 is 9.47 Å². The van der Waals surface area contributed by atoms with Gasteiger partial charge in [0.2, 0.25) is 0 Å². The summed E-state index contributed by atoms with van der Waals surface area (Å²) in [6.45, 7) is 3.99. The number of thioether (sulfide) groups is 1. The van der Waals surface area contributed by atoms with E-state index in [4.69, 9.17) is 4.74 Å². The zero-order valence-electron chi connectivity index (χ0n) is 11.3. The zero-order chi connectivity index (χ0) is 13.5. The smallest absolute Gasteiger partial charge is 0.306 e. The first kappa shape index (κ1) is 14.8. The number of hydrogen-bond donors (Lipinski definition) is 0. The molecule has 0 N–H and O–H groups in total. The van der Waals surface area contributed by atoms with Crippen molar-refractivity contribution in [2.24, 2.45) is 0 Å². The normalized spacial score (nSPS) is 10.2. The molecule has 5 heteroatoms. The quantitative estimate of drug-likeness (QED) is 0.586. The summed E-state index contributed by atoms with van der Waals surface area (Å²) in [4.78, 5) is 15.4. The minimum Gasteiger partial charge on any atom is -0.496 e. The van der Waals surface area contributed by atoms with Crippen LogP contribution in [0.25, 0.3) is 0 Å². The Morgan fingerprint density at radius 3 is 2.72 bits per heavy atom. The van der Waals surface area contributed by atoms with Crippen LogP contribution in [0, 0.1) is 13.8 Å². The number of aryl methyl sites for hydroxylation is 1. The maximum atomic E-state index is 11.0. The number of methoxy groups -OCH3 is 2. The first-order valence-electron chi connectivity index (χ1n) is 5.73. The van der Waals surface area contributed by atoms with E-state index in [0.717, 1.165) is 34.1 Å². The predicted molar refractivity (Wildman–Crippen MR) is 73.1 cm³/mol. The average molecular weight is 269 g/mol. The Kier molecular flexibility index (Phi) is 5.98. The van der Waals surface area contributed by atoms with Crippen molar-refractivity contribution in [1.29, 1.82) is 0 Å². The number of hydrogen-bond acceptors (Lipinski definition) is 5. The second-order valence-corrected chi connectivity index (χ2v) is 5.03. The molecule has 0 unspecified atom stereocenters. The van der Waals surface area contributed by atoms with Crippen LogP contribution in [0.3, 0.4) is 0 Å². The molecule has 0 fully saturated rings. The number of pyridine rings is 1. The van der Waals surface area contributed by atoms with Crippen LogP contribution in [0.4, 0.5) is 0 Å². The summed E-state index contributed by atoms with van der Waals surface area (Å²) in [6.07, 6.45) is 2.26. The maximum Gasteiger partial charge on any atom is 0.306 e. The molecule has 0 amide bonds. The summed E-state index contributed by atoms with van der Waals surface area (Å²) < 4.78 is 9.95. The summed E-state index contributed by atoms with van der Waals surface area (Å²) >= 11 is 1.67. The average Bonchev–Trinajstić information content (AvgIpc) is 2.37. The highest BCUT2D eigenvalue weighted by Crippen LogP contribution is 2.26. The van der Waals surface area contributed by atoms with E-state index < -0.39 is 0 Å². The Bertz CT molecular complexity index is 421. The SMILES string of the molecule is COC(=O)CCSCc1ncc(C)c(OC)c1C. The van der Waals surface area contributed by atoms with Gasteiger partial charge in [-0.3, -0.25) is 9.78 Å². The zero-order valence-corrected chi connectivity index (χ0v) is 12.1. The molecule has 0 spiro atoms. The number of esters is 1. The monoisotopic (exact) mass is 269 g/mol. The third-order valence-corrected chi connectivity index (χ3v) is 3.64. The van der Waals surface area contributed by atoms with E-state index in [0.29, 0.717) is 6.42 Å². The van der Waals surface area contributed by atoms with E-state index in [1.165, 1.54) is 7.11 Å². The lowest BCUT2D eigenvalue weighted by Crippen LogP contribution is -2.02. The van der Waals surface area contributed by atoms with Crippen molar-refractivity contribution in [2.75, 3.05) is 20.0 Å².